The van der Waals surface area contributed by atoms with Gasteiger partial charge in [0, 0.05) is 32.0 Å². The number of rotatable bonds is 3. The molecule has 1 fully saturated rings. The van der Waals surface area contributed by atoms with Gasteiger partial charge in [-0.15, -0.1) is 0 Å². The SMILES string of the molecule is CC1(n2ccnc2)CN(Cc2ccccc2)CCO1. The molecule has 0 radical (unpaired) electrons. The van der Waals surface area contributed by atoms with Crippen LogP contribution in [-0.4, -0.2) is 34.1 Å². The molecule has 4 nitrogen and oxygen atoms in total. The van der Waals surface area contributed by atoms with Crippen molar-refractivity contribution in [3.63, 3.8) is 0 Å². The van der Waals surface area contributed by atoms with E-state index in [2.05, 4.69) is 47.1 Å². The van der Waals surface area contributed by atoms with Gasteiger partial charge in [0.25, 0.3) is 0 Å². The molecule has 0 spiro atoms. The number of benzene rings is 1. The topological polar surface area (TPSA) is 30.3 Å². The summed E-state index contributed by atoms with van der Waals surface area (Å²) in [5, 5.41) is 0. The minimum absolute atomic E-state index is 0.316. The molecule has 1 aromatic heterocycles. The molecule has 1 aromatic carbocycles. The molecule has 4 heteroatoms. The second-order valence-corrected chi connectivity index (χ2v) is 5.19. The van der Waals surface area contributed by atoms with Gasteiger partial charge in [0.1, 0.15) is 0 Å². The van der Waals surface area contributed by atoms with Crippen molar-refractivity contribution in [2.24, 2.45) is 0 Å². The Kier molecular flexibility index (Phi) is 3.36. The van der Waals surface area contributed by atoms with E-state index in [0.29, 0.717) is 0 Å². The zero-order valence-corrected chi connectivity index (χ0v) is 11.2. The predicted molar refractivity (Wildman–Crippen MR) is 73.5 cm³/mol. The van der Waals surface area contributed by atoms with Gasteiger partial charge in [0.05, 0.1) is 12.9 Å². The normalized spacial score (nSPS) is 24.5. The van der Waals surface area contributed by atoms with Crippen molar-refractivity contribution in [1.29, 1.82) is 0 Å². The summed E-state index contributed by atoms with van der Waals surface area (Å²) in [6.45, 7) is 5.68. The van der Waals surface area contributed by atoms with E-state index in [1.807, 2.05) is 17.1 Å². The van der Waals surface area contributed by atoms with Gasteiger partial charge in [0.15, 0.2) is 5.72 Å². The Balaban J connectivity index is 1.72. The Hall–Kier alpha value is -1.65. The fraction of sp³-hybridized carbons (Fsp3) is 0.400. The molecule has 1 aliphatic rings. The maximum atomic E-state index is 5.96. The molecule has 0 saturated carbocycles. The summed E-state index contributed by atoms with van der Waals surface area (Å²) in [4.78, 5) is 6.55. The van der Waals surface area contributed by atoms with Gasteiger partial charge < -0.3 is 9.30 Å². The van der Waals surface area contributed by atoms with E-state index in [-0.39, 0.29) is 5.72 Å². The third kappa shape index (κ3) is 2.69. The van der Waals surface area contributed by atoms with Crippen LogP contribution in [0.3, 0.4) is 0 Å². The highest BCUT2D eigenvalue weighted by Crippen LogP contribution is 2.24. The number of ether oxygens (including phenoxy) is 1. The summed E-state index contributed by atoms with van der Waals surface area (Å²) >= 11 is 0. The fourth-order valence-electron chi connectivity index (χ4n) is 2.61. The fourth-order valence-corrected chi connectivity index (χ4v) is 2.61. The summed E-state index contributed by atoms with van der Waals surface area (Å²) in [5.74, 6) is 0. The first-order valence-corrected chi connectivity index (χ1v) is 6.65. The van der Waals surface area contributed by atoms with Crippen molar-refractivity contribution in [2.45, 2.75) is 19.2 Å². The molecule has 19 heavy (non-hydrogen) atoms. The number of aromatic nitrogens is 2. The van der Waals surface area contributed by atoms with E-state index in [0.717, 1.165) is 26.2 Å². The number of morpholine rings is 1. The van der Waals surface area contributed by atoms with Gasteiger partial charge in [-0.25, -0.2) is 4.98 Å². The zero-order chi connectivity index (χ0) is 13.1. The monoisotopic (exact) mass is 257 g/mol. The van der Waals surface area contributed by atoms with Crippen LogP contribution in [0.5, 0.6) is 0 Å². The van der Waals surface area contributed by atoms with Crippen LogP contribution in [0.25, 0.3) is 0 Å². The lowest BCUT2D eigenvalue weighted by Gasteiger charge is -2.41. The molecule has 2 aromatic rings. The van der Waals surface area contributed by atoms with Gasteiger partial charge in [0.2, 0.25) is 0 Å². The lowest BCUT2D eigenvalue weighted by Crippen LogP contribution is -2.50. The first kappa shape index (κ1) is 12.4. The Morgan fingerprint density at radius 1 is 1.32 bits per heavy atom. The van der Waals surface area contributed by atoms with Gasteiger partial charge in [-0.3, -0.25) is 4.90 Å². The Labute approximate surface area is 113 Å². The summed E-state index contributed by atoms with van der Waals surface area (Å²) < 4.78 is 8.00. The molecule has 0 amide bonds. The van der Waals surface area contributed by atoms with Crippen molar-refractivity contribution in [3.8, 4) is 0 Å². The number of hydrogen-bond donors (Lipinski definition) is 0. The van der Waals surface area contributed by atoms with E-state index in [9.17, 15) is 0 Å². The van der Waals surface area contributed by atoms with Crippen LogP contribution in [0.15, 0.2) is 49.1 Å². The maximum Gasteiger partial charge on any atom is 0.155 e. The number of hydrogen-bond acceptors (Lipinski definition) is 3. The van der Waals surface area contributed by atoms with Gasteiger partial charge >= 0.3 is 0 Å². The Morgan fingerprint density at radius 3 is 2.89 bits per heavy atom. The average molecular weight is 257 g/mol. The lowest BCUT2D eigenvalue weighted by atomic mass is 10.1. The van der Waals surface area contributed by atoms with E-state index < -0.39 is 0 Å². The van der Waals surface area contributed by atoms with Gasteiger partial charge in [-0.2, -0.15) is 0 Å². The third-order valence-corrected chi connectivity index (χ3v) is 3.64. The van der Waals surface area contributed by atoms with E-state index in [4.69, 9.17) is 4.74 Å². The first-order chi connectivity index (χ1) is 9.26. The molecule has 100 valence electrons. The lowest BCUT2D eigenvalue weighted by molar-refractivity contribution is -0.151. The Bertz CT molecular complexity index is 511. The molecule has 2 heterocycles. The van der Waals surface area contributed by atoms with Crippen LogP contribution in [0.1, 0.15) is 12.5 Å². The van der Waals surface area contributed by atoms with E-state index in [1.165, 1.54) is 5.56 Å². The van der Waals surface area contributed by atoms with Gasteiger partial charge in [-0.1, -0.05) is 30.3 Å². The highest BCUT2D eigenvalue weighted by Gasteiger charge is 2.33. The Morgan fingerprint density at radius 2 is 2.16 bits per heavy atom. The summed E-state index contributed by atoms with van der Waals surface area (Å²) in [7, 11) is 0. The van der Waals surface area contributed by atoms with Crippen LogP contribution in [0, 0.1) is 0 Å². The summed E-state index contributed by atoms with van der Waals surface area (Å²) in [5.41, 5.74) is 1.03. The van der Waals surface area contributed by atoms with E-state index >= 15 is 0 Å². The minimum Gasteiger partial charge on any atom is -0.353 e. The predicted octanol–water partition coefficient (Wildman–Crippen LogP) is 2.09. The average Bonchev–Trinajstić information content (AvgIpc) is 2.95. The largest absolute Gasteiger partial charge is 0.353 e. The van der Waals surface area contributed by atoms with Crippen LogP contribution >= 0.6 is 0 Å². The second kappa shape index (κ2) is 5.15. The van der Waals surface area contributed by atoms with E-state index in [1.54, 1.807) is 6.20 Å². The van der Waals surface area contributed by atoms with Crippen molar-refractivity contribution < 1.29 is 4.74 Å². The number of nitrogens with zero attached hydrogens (tertiary/aromatic N) is 3. The van der Waals surface area contributed by atoms with Crippen LogP contribution in [0.2, 0.25) is 0 Å². The molecule has 1 aliphatic heterocycles. The van der Waals surface area contributed by atoms with Crippen LogP contribution < -0.4 is 0 Å². The molecule has 0 bridgehead atoms. The standard InChI is InChI=1S/C15H19N3O/c1-15(18-8-7-16-13-18)12-17(9-10-19-15)11-14-5-3-2-4-6-14/h2-8,13H,9-12H2,1H3. The molecular formula is C15H19N3O. The molecular weight excluding hydrogens is 238 g/mol. The number of imidazole rings is 1. The highest BCUT2D eigenvalue weighted by molar-refractivity contribution is 5.14. The summed E-state index contributed by atoms with van der Waals surface area (Å²) in [6.07, 6.45) is 5.59. The summed E-state index contributed by atoms with van der Waals surface area (Å²) in [6, 6.07) is 10.6. The van der Waals surface area contributed by atoms with Crippen molar-refractivity contribution in [3.05, 3.63) is 54.6 Å². The molecule has 0 N–H and O–H groups in total. The van der Waals surface area contributed by atoms with Crippen molar-refractivity contribution in [1.82, 2.24) is 14.5 Å². The molecule has 1 atom stereocenters. The highest BCUT2D eigenvalue weighted by atomic mass is 16.5. The molecule has 3 rings (SSSR count). The smallest absolute Gasteiger partial charge is 0.155 e. The van der Waals surface area contributed by atoms with Crippen molar-refractivity contribution >= 4 is 0 Å². The maximum absolute atomic E-state index is 5.96. The molecule has 1 unspecified atom stereocenters. The minimum atomic E-state index is -0.316. The van der Waals surface area contributed by atoms with Crippen LogP contribution in [-0.2, 0) is 17.0 Å². The van der Waals surface area contributed by atoms with Crippen molar-refractivity contribution in [2.75, 3.05) is 19.7 Å². The molecule has 0 aliphatic carbocycles. The second-order valence-electron chi connectivity index (χ2n) is 5.19. The van der Waals surface area contributed by atoms with Gasteiger partial charge in [-0.05, 0) is 12.5 Å². The third-order valence-electron chi connectivity index (χ3n) is 3.64. The van der Waals surface area contributed by atoms with Crippen LogP contribution in [0.4, 0.5) is 0 Å². The quantitative estimate of drug-likeness (QED) is 0.843. The zero-order valence-electron chi connectivity index (χ0n) is 11.2. The molecule has 1 saturated heterocycles. The first-order valence-electron chi connectivity index (χ1n) is 6.65.